The van der Waals surface area contributed by atoms with Crippen LogP contribution in [0.4, 0.5) is 4.39 Å². The van der Waals surface area contributed by atoms with Crippen LogP contribution >= 0.6 is 11.6 Å². The summed E-state index contributed by atoms with van der Waals surface area (Å²) in [5.41, 5.74) is -1.66. The first kappa shape index (κ1) is 14.5. The van der Waals surface area contributed by atoms with Gasteiger partial charge in [-0.1, -0.05) is 11.6 Å². The van der Waals surface area contributed by atoms with E-state index in [-0.39, 0.29) is 16.1 Å². The fraction of sp³-hybridized carbons (Fsp3) is 0.308. The molecule has 2 aromatic heterocycles. The Morgan fingerprint density at radius 2 is 2.05 bits per heavy atom. The van der Waals surface area contributed by atoms with Gasteiger partial charge in [-0.2, -0.15) is 9.37 Å². The van der Waals surface area contributed by atoms with Gasteiger partial charge in [0.15, 0.2) is 0 Å². The molecule has 2 heterocycles. The molecule has 2 aromatic rings. The lowest BCUT2D eigenvalue weighted by atomic mass is 10.1. The third kappa shape index (κ3) is 2.27. The van der Waals surface area contributed by atoms with Crippen LogP contribution < -0.4 is 5.43 Å². The topological polar surface area (TPSA) is 72.2 Å². The number of aromatic nitrogens is 2. The van der Waals surface area contributed by atoms with Crippen LogP contribution in [0.1, 0.15) is 31.1 Å². The van der Waals surface area contributed by atoms with E-state index < -0.39 is 28.4 Å². The normalized spacial score (nSPS) is 11.8. The number of halogens is 2. The second kappa shape index (κ2) is 4.56. The van der Waals surface area contributed by atoms with Crippen LogP contribution in [0.25, 0.3) is 11.0 Å². The highest BCUT2D eigenvalue weighted by atomic mass is 35.5. The molecule has 20 heavy (non-hydrogen) atoms. The highest BCUT2D eigenvalue weighted by molar-refractivity contribution is 6.31. The number of hydrogen-bond acceptors (Lipinski definition) is 3. The second-order valence-corrected chi connectivity index (χ2v) is 5.76. The molecule has 0 aliphatic rings. The summed E-state index contributed by atoms with van der Waals surface area (Å²) in [5.74, 6) is -2.25. The average molecular weight is 299 g/mol. The van der Waals surface area contributed by atoms with E-state index in [4.69, 9.17) is 16.7 Å². The summed E-state index contributed by atoms with van der Waals surface area (Å²) in [6, 6.07) is 1.11. The van der Waals surface area contributed by atoms with E-state index in [1.165, 1.54) is 10.8 Å². The summed E-state index contributed by atoms with van der Waals surface area (Å²) in [5, 5.41) is 8.75. The first-order valence-electron chi connectivity index (χ1n) is 5.78. The third-order valence-electron chi connectivity index (χ3n) is 2.84. The van der Waals surface area contributed by atoms with Crippen LogP contribution in [0.3, 0.4) is 0 Å². The highest BCUT2D eigenvalue weighted by Gasteiger charge is 2.22. The van der Waals surface area contributed by atoms with E-state index in [1.54, 1.807) is 20.8 Å². The lowest BCUT2D eigenvalue weighted by Gasteiger charge is -2.25. The Bertz CT molecular complexity index is 778. The predicted molar refractivity (Wildman–Crippen MR) is 72.9 cm³/mol. The van der Waals surface area contributed by atoms with Crippen LogP contribution in [-0.2, 0) is 5.54 Å². The van der Waals surface area contributed by atoms with E-state index in [2.05, 4.69) is 4.98 Å². The Balaban J connectivity index is 3.05. The molecule has 0 atom stereocenters. The number of carboxylic acids is 1. The van der Waals surface area contributed by atoms with Crippen LogP contribution in [-0.4, -0.2) is 20.6 Å². The van der Waals surface area contributed by atoms with Gasteiger partial charge < -0.3 is 9.67 Å². The molecule has 0 spiro atoms. The van der Waals surface area contributed by atoms with Gasteiger partial charge in [0.1, 0.15) is 11.2 Å². The SMILES string of the molecule is CC(C)(C)n1cc(C(=O)O)c(=O)c2cc(Cl)c(F)nc21. The Morgan fingerprint density at radius 3 is 2.55 bits per heavy atom. The standard InChI is InChI=1S/C13H12ClFN2O3/c1-13(2,3)17-5-7(12(19)20)9(18)6-4-8(14)10(15)16-11(6)17/h4-5H,1-3H3,(H,19,20). The van der Waals surface area contributed by atoms with Crippen LogP contribution in [0.2, 0.25) is 5.02 Å². The minimum absolute atomic E-state index is 0.0220. The number of aromatic carboxylic acids is 1. The first-order chi connectivity index (χ1) is 9.12. The maximum Gasteiger partial charge on any atom is 0.341 e. The van der Waals surface area contributed by atoms with Gasteiger partial charge in [0.05, 0.1) is 10.4 Å². The zero-order valence-corrected chi connectivity index (χ0v) is 11.8. The van der Waals surface area contributed by atoms with E-state index in [0.29, 0.717) is 0 Å². The molecule has 0 unspecified atom stereocenters. The molecule has 0 fully saturated rings. The molecular formula is C13H12ClFN2O3. The van der Waals surface area contributed by atoms with Gasteiger partial charge in [-0.05, 0) is 26.8 Å². The van der Waals surface area contributed by atoms with Crippen LogP contribution in [0.15, 0.2) is 17.1 Å². The van der Waals surface area contributed by atoms with Crippen molar-refractivity contribution in [2.45, 2.75) is 26.3 Å². The van der Waals surface area contributed by atoms with Gasteiger partial charge in [-0.3, -0.25) is 4.79 Å². The Kier molecular flexibility index (Phi) is 3.29. The van der Waals surface area contributed by atoms with Crippen molar-refractivity contribution in [3.8, 4) is 0 Å². The number of carbonyl (C=O) groups is 1. The van der Waals surface area contributed by atoms with E-state index in [9.17, 15) is 14.0 Å². The monoisotopic (exact) mass is 298 g/mol. The quantitative estimate of drug-likeness (QED) is 0.822. The van der Waals surface area contributed by atoms with E-state index in [0.717, 1.165) is 6.07 Å². The molecule has 0 saturated carbocycles. The molecule has 0 bridgehead atoms. The summed E-state index contributed by atoms with van der Waals surface area (Å²) in [6.07, 6.45) is 1.17. The Hall–Kier alpha value is -1.95. The van der Waals surface area contributed by atoms with Crippen molar-refractivity contribution >= 4 is 28.6 Å². The van der Waals surface area contributed by atoms with E-state index >= 15 is 0 Å². The Labute approximate surface area is 118 Å². The zero-order chi connectivity index (χ0) is 15.2. The van der Waals surface area contributed by atoms with Crippen LogP contribution in [0.5, 0.6) is 0 Å². The van der Waals surface area contributed by atoms with Gasteiger partial charge in [0.2, 0.25) is 11.4 Å². The lowest BCUT2D eigenvalue weighted by molar-refractivity contribution is 0.0694. The number of pyridine rings is 2. The lowest BCUT2D eigenvalue weighted by Crippen LogP contribution is -2.28. The molecule has 0 aromatic carbocycles. The minimum Gasteiger partial charge on any atom is -0.477 e. The first-order valence-corrected chi connectivity index (χ1v) is 6.16. The van der Waals surface area contributed by atoms with Crippen molar-refractivity contribution in [1.82, 2.24) is 9.55 Å². The average Bonchev–Trinajstić information content (AvgIpc) is 2.30. The molecule has 5 nitrogen and oxygen atoms in total. The Morgan fingerprint density at radius 1 is 1.45 bits per heavy atom. The molecule has 106 valence electrons. The molecule has 0 radical (unpaired) electrons. The number of hydrogen-bond donors (Lipinski definition) is 1. The molecular weight excluding hydrogens is 287 g/mol. The second-order valence-electron chi connectivity index (χ2n) is 5.35. The van der Waals surface area contributed by atoms with Crippen molar-refractivity contribution in [1.29, 1.82) is 0 Å². The summed E-state index contributed by atoms with van der Waals surface area (Å²) in [7, 11) is 0. The third-order valence-corrected chi connectivity index (χ3v) is 3.11. The summed E-state index contributed by atoms with van der Waals surface area (Å²) in [4.78, 5) is 26.9. The van der Waals surface area contributed by atoms with Gasteiger partial charge in [-0.15, -0.1) is 0 Å². The van der Waals surface area contributed by atoms with Crippen molar-refractivity contribution < 1.29 is 14.3 Å². The number of fused-ring (bicyclic) bond motifs is 1. The maximum absolute atomic E-state index is 13.5. The molecule has 2 rings (SSSR count). The summed E-state index contributed by atoms with van der Waals surface area (Å²) in [6.45, 7) is 5.37. The molecule has 1 N–H and O–H groups in total. The number of nitrogens with zero attached hydrogens (tertiary/aromatic N) is 2. The van der Waals surface area contributed by atoms with Crippen molar-refractivity contribution in [2.24, 2.45) is 0 Å². The smallest absolute Gasteiger partial charge is 0.341 e. The zero-order valence-electron chi connectivity index (χ0n) is 11.1. The van der Waals surface area contributed by atoms with Crippen molar-refractivity contribution in [2.75, 3.05) is 0 Å². The van der Waals surface area contributed by atoms with E-state index in [1.807, 2.05) is 0 Å². The molecule has 0 amide bonds. The molecule has 0 saturated heterocycles. The van der Waals surface area contributed by atoms with Crippen LogP contribution in [0, 0.1) is 5.95 Å². The fourth-order valence-electron chi connectivity index (χ4n) is 1.87. The van der Waals surface area contributed by atoms with Crippen molar-refractivity contribution in [3.05, 3.63) is 39.0 Å². The molecule has 7 heteroatoms. The largest absolute Gasteiger partial charge is 0.477 e. The summed E-state index contributed by atoms with van der Waals surface area (Å²) < 4.78 is 15.0. The van der Waals surface area contributed by atoms with Crippen molar-refractivity contribution in [3.63, 3.8) is 0 Å². The highest BCUT2D eigenvalue weighted by Crippen LogP contribution is 2.23. The number of carboxylic acid groups (broad SMARTS) is 1. The molecule has 0 aliphatic heterocycles. The molecule has 0 aliphatic carbocycles. The minimum atomic E-state index is -1.35. The van der Waals surface area contributed by atoms with Gasteiger partial charge in [0, 0.05) is 11.7 Å². The van der Waals surface area contributed by atoms with Gasteiger partial charge >= 0.3 is 5.97 Å². The predicted octanol–water partition coefficient (Wildman–Crippen LogP) is 2.64. The van der Waals surface area contributed by atoms with Gasteiger partial charge in [-0.25, -0.2) is 4.79 Å². The fourth-order valence-corrected chi connectivity index (χ4v) is 2.02. The summed E-state index contributed by atoms with van der Waals surface area (Å²) >= 11 is 5.63. The van der Waals surface area contributed by atoms with Gasteiger partial charge in [0.25, 0.3) is 0 Å². The number of rotatable bonds is 1. The maximum atomic E-state index is 13.5.